The number of hydrogen-bond donors (Lipinski definition) is 6. The summed E-state index contributed by atoms with van der Waals surface area (Å²) in [7, 11) is 0. The van der Waals surface area contributed by atoms with Gasteiger partial charge in [-0.25, -0.2) is 4.79 Å². The first-order valence-electron chi connectivity index (χ1n) is 10.1. The van der Waals surface area contributed by atoms with Crippen molar-refractivity contribution < 1.29 is 54.4 Å². The van der Waals surface area contributed by atoms with E-state index in [2.05, 4.69) is 0 Å². The number of carbonyl (C=O) groups is 2. The van der Waals surface area contributed by atoms with E-state index < -0.39 is 61.3 Å². The Hall–Kier alpha value is -2.28. The zero-order valence-electron chi connectivity index (χ0n) is 17.8. The van der Waals surface area contributed by atoms with E-state index in [0.29, 0.717) is 5.56 Å². The highest BCUT2D eigenvalue weighted by Gasteiger charge is 2.44. The van der Waals surface area contributed by atoms with Crippen LogP contribution in [0, 0.1) is 5.92 Å². The second-order valence-corrected chi connectivity index (χ2v) is 8.24. The van der Waals surface area contributed by atoms with Gasteiger partial charge in [-0.3, -0.25) is 4.79 Å². The van der Waals surface area contributed by atoms with E-state index in [-0.39, 0.29) is 24.7 Å². The summed E-state index contributed by atoms with van der Waals surface area (Å²) in [6, 6.07) is 6.01. The van der Waals surface area contributed by atoms with E-state index in [0.717, 1.165) is 0 Å². The lowest BCUT2D eigenvalue weighted by atomic mass is 9.89. The standard InChI is InChI=1S/C21H30O11/c1-11(2)7-21(29,8-15(23)24)20(28)30-10-12-3-5-13(6-4-12)31-19-18(27)17(26)16(25)14(9-22)32-19/h3-6,11,14,16-19,22,25-27,29H,7-10H2,1-2H3,(H,23,24)/t14-,16-,17+,18-,19-,21-/m1/s1. The second-order valence-electron chi connectivity index (χ2n) is 8.24. The summed E-state index contributed by atoms with van der Waals surface area (Å²) in [4.78, 5) is 23.3. The van der Waals surface area contributed by atoms with Crippen LogP contribution in [0.4, 0.5) is 0 Å². The Morgan fingerprint density at radius 3 is 2.25 bits per heavy atom. The molecule has 1 aliphatic rings. The Morgan fingerprint density at radius 2 is 1.72 bits per heavy atom. The summed E-state index contributed by atoms with van der Waals surface area (Å²) in [6.45, 7) is 2.68. The van der Waals surface area contributed by atoms with E-state index in [1.807, 2.05) is 0 Å². The first kappa shape index (κ1) is 26.0. The molecule has 1 saturated heterocycles. The van der Waals surface area contributed by atoms with Crippen molar-refractivity contribution in [2.75, 3.05) is 6.61 Å². The molecule has 0 spiro atoms. The van der Waals surface area contributed by atoms with Crippen LogP contribution in [-0.4, -0.2) is 85.5 Å². The maximum absolute atomic E-state index is 12.3. The van der Waals surface area contributed by atoms with Crippen molar-refractivity contribution in [2.45, 2.75) is 69.6 Å². The summed E-state index contributed by atoms with van der Waals surface area (Å²) >= 11 is 0. The summed E-state index contributed by atoms with van der Waals surface area (Å²) in [6.07, 6.45) is -7.90. The zero-order chi connectivity index (χ0) is 24.1. The Morgan fingerprint density at radius 1 is 1.09 bits per heavy atom. The van der Waals surface area contributed by atoms with Crippen molar-refractivity contribution in [1.82, 2.24) is 0 Å². The number of carboxylic acid groups (broad SMARTS) is 1. The van der Waals surface area contributed by atoms with E-state index in [1.54, 1.807) is 13.8 Å². The van der Waals surface area contributed by atoms with E-state index in [9.17, 15) is 35.1 Å². The third-order valence-corrected chi connectivity index (χ3v) is 4.96. The fourth-order valence-corrected chi connectivity index (χ4v) is 3.40. The normalized spacial score (nSPS) is 27.6. The summed E-state index contributed by atoms with van der Waals surface area (Å²) in [5.74, 6) is -2.26. The molecule has 0 saturated carbocycles. The Bertz CT molecular complexity index is 764. The minimum Gasteiger partial charge on any atom is -0.481 e. The average Bonchev–Trinajstić information content (AvgIpc) is 2.72. The third-order valence-electron chi connectivity index (χ3n) is 4.96. The Kier molecular flexibility index (Phi) is 8.96. The van der Waals surface area contributed by atoms with Gasteiger partial charge in [-0.05, 0) is 30.0 Å². The molecule has 6 N–H and O–H groups in total. The molecule has 6 atom stereocenters. The Labute approximate surface area is 184 Å². The number of carboxylic acids is 1. The number of hydrogen-bond acceptors (Lipinski definition) is 10. The van der Waals surface area contributed by atoms with Crippen molar-refractivity contribution in [2.24, 2.45) is 5.92 Å². The molecule has 1 fully saturated rings. The number of aliphatic carboxylic acids is 1. The van der Waals surface area contributed by atoms with E-state index in [4.69, 9.17) is 19.3 Å². The summed E-state index contributed by atoms with van der Waals surface area (Å²) < 4.78 is 15.9. The molecule has 11 nitrogen and oxygen atoms in total. The molecule has 1 aromatic rings. The van der Waals surface area contributed by atoms with Gasteiger partial charge < -0.3 is 44.8 Å². The van der Waals surface area contributed by atoms with Crippen molar-refractivity contribution in [3.05, 3.63) is 29.8 Å². The zero-order valence-corrected chi connectivity index (χ0v) is 17.8. The molecule has 1 heterocycles. The highest BCUT2D eigenvalue weighted by molar-refractivity contribution is 5.85. The van der Waals surface area contributed by atoms with Crippen molar-refractivity contribution in [1.29, 1.82) is 0 Å². The van der Waals surface area contributed by atoms with Crippen molar-refractivity contribution in [3.63, 3.8) is 0 Å². The molecule has 1 aromatic carbocycles. The quantitative estimate of drug-likeness (QED) is 0.240. The fraction of sp³-hybridized carbons (Fsp3) is 0.619. The second kappa shape index (κ2) is 11.0. The molecular weight excluding hydrogens is 428 g/mol. The third kappa shape index (κ3) is 6.61. The molecule has 0 aromatic heterocycles. The summed E-state index contributed by atoms with van der Waals surface area (Å²) in [5.41, 5.74) is -1.62. The molecular formula is C21H30O11. The van der Waals surface area contributed by atoms with Crippen LogP contribution in [0.3, 0.4) is 0 Å². The van der Waals surface area contributed by atoms with Crippen LogP contribution in [0.15, 0.2) is 24.3 Å². The predicted molar refractivity (Wildman–Crippen MR) is 107 cm³/mol. The van der Waals surface area contributed by atoms with Crippen LogP contribution in [0.2, 0.25) is 0 Å². The van der Waals surface area contributed by atoms with Gasteiger partial charge in [-0.2, -0.15) is 0 Å². The van der Waals surface area contributed by atoms with Crippen molar-refractivity contribution in [3.8, 4) is 5.75 Å². The molecule has 180 valence electrons. The number of aliphatic hydroxyl groups is 5. The number of carbonyl (C=O) groups excluding carboxylic acids is 1. The molecule has 1 aliphatic heterocycles. The maximum atomic E-state index is 12.3. The molecule has 0 radical (unpaired) electrons. The van der Waals surface area contributed by atoms with Gasteiger partial charge in [0.25, 0.3) is 0 Å². The minimum atomic E-state index is -2.13. The van der Waals surface area contributed by atoms with Gasteiger partial charge in [0, 0.05) is 0 Å². The van der Waals surface area contributed by atoms with Gasteiger partial charge in [-0.15, -0.1) is 0 Å². The van der Waals surface area contributed by atoms with Crippen LogP contribution in [-0.2, 0) is 25.7 Å². The van der Waals surface area contributed by atoms with Gasteiger partial charge >= 0.3 is 11.9 Å². The SMILES string of the molecule is CC(C)C[C@@](O)(CC(=O)O)C(=O)OCc1ccc(O[C@@H]2O[C@H](CO)[C@@H](O)[C@H](O)[C@H]2O)cc1. The number of benzene rings is 1. The highest BCUT2D eigenvalue weighted by atomic mass is 16.7. The molecule has 0 amide bonds. The number of ether oxygens (including phenoxy) is 3. The largest absolute Gasteiger partial charge is 0.481 e. The first-order chi connectivity index (χ1) is 15.0. The van der Waals surface area contributed by atoms with Crippen LogP contribution in [0.5, 0.6) is 5.75 Å². The molecule has 2 rings (SSSR count). The molecule has 0 unspecified atom stereocenters. The Balaban J connectivity index is 1.97. The highest BCUT2D eigenvalue weighted by Crippen LogP contribution is 2.26. The van der Waals surface area contributed by atoms with Gasteiger partial charge in [0.15, 0.2) is 5.60 Å². The van der Waals surface area contributed by atoms with E-state index in [1.165, 1.54) is 24.3 Å². The predicted octanol–water partition coefficient (Wildman–Crippen LogP) is -0.840. The van der Waals surface area contributed by atoms with Gasteiger partial charge in [-0.1, -0.05) is 26.0 Å². The molecule has 11 heteroatoms. The minimum absolute atomic E-state index is 0.0655. The van der Waals surface area contributed by atoms with Crippen LogP contribution in [0.25, 0.3) is 0 Å². The van der Waals surface area contributed by atoms with Gasteiger partial charge in [0.05, 0.1) is 13.0 Å². The fourth-order valence-electron chi connectivity index (χ4n) is 3.40. The van der Waals surface area contributed by atoms with Crippen LogP contribution < -0.4 is 4.74 Å². The number of aliphatic hydroxyl groups excluding tert-OH is 4. The summed E-state index contributed by atoms with van der Waals surface area (Å²) in [5, 5.41) is 58.3. The molecule has 32 heavy (non-hydrogen) atoms. The topological polar surface area (TPSA) is 183 Å². The maximum Gasteiger partial charge on any atom is 0.339 e. The lowest BCUT2D eigenvalue weighted by molar-refractivity contribution is -0.277. The van der Waals surface area contributed by atoms with Gasteiger partial charge in [0.1, 0.15) is 36.8 Å². The van der Waals surface area contributed by atoms with Crippen LogP contribution >= 0.6 is 0 Å². The number of esters is 1. The average molecular weight is 458 g/mol. The van der Waals surface area contributed by atoms with Crippen molar-refractivity contribution >= 4 is 11.9 Å². The smallest absolute Gasteiger partial charge is 0.339 e. The number of rotatable bonds is 10. The van der Waals surface area contributed by atoms with Gasteiger partial charge in [0.2, 0.25) is 6.29 Å². The van der Waals surface area contributed by atoms with Crippen LogP contribution in [0.1, 0.15) is 32.3 Å². The lowest BCUT2D eigenvalue weighted by Crippen LogP contribution is -2.60. The first-order valence-corrected chi connectivity index (χ1v) is 10.1. The lowest BCUT2D eigenvalue weighted by Gasteiger charge is -2.39. The molecule has 0 bridgehead atoms. The van der Waals surface area contributed by atoms with E-state index >= 15 is 0 Å². The monoisotopic (exact) mass is 458 g/mol. The molecule has 0 aliphatic carbocycles.